The minimum Gasteiger partial charge on any atom is -0.496 e. The smallest absolute Gasteiger partial charge is 0.122 e. The van der Waals surface area contributed by atoms with Crippen LogP contribution in [-0.4, -0.2) is 33.6 Å². The van der Waals surface area contributed by atoms with Crippen molar-refractivity contribution in [2.24, 2.45) is 0 Å². The van der Waals surface area contributed by atoms with Gasteiger partial charge >= 0.3 is 0 Å². The maximum Gasteiger partial charge on any atom is 0.122 e. The predicted molar refractivity (Wildman–Crippen MR) is 83.1 cm³/mol. The van der Waals surface area contributed by atoms with Crippen molar-refractivity contribution >= 4 is 11.8 Å². The van der Waals surface area contributed by atoms with Gasteiger partial charge in [-0.1, -0.05) is 6.07 Å². The Morgan fingerprint density at radius 3 is 2.74 bits per heavy atom. The van der Waals surface area contributed by atoms with Crippen molar-refractivity contribution in [2.45, 2.75) is 25.1 Å². The fourth-order valence-electron chi connectivity index (χ4n) is 1.83. The highest BCUT2D eigenvalue weighted by atomic mass is 32.2. The quantitative estimate of drug-likeness (QED) is 0.705. The number of methoxy groups -OCH3 is 2. The van der Waals surface area contributed by atoms with Gasteiger partial charge < -0.3 is 14.8 Å². The van der Waals surface area contributed by atoms with Gasteiger partial charge in [0.25, 0.3) is 0 Å². The summed E-state index contributed by atoms with van der Waals surface area (Å²) in [6, 6.07) is 6.79. The van der Waals surface area contributed by atoms with E-state index in [1.54, 1.807) is 14.2 Å². The molecule has 19 heavy (non-hydrogen) atoms. The van der Waals surface area contributed by atoms with Crippen LogP contribution in [0.2, 0.25) is 0 Å². The Bertz CT molecular complexity index is 371. The summed E-state index contributed by atoms with van der Waals surface area (Å²) in [6.07, 6.45) is 1.09. The van der Waals surface area contributed by atoms with Crippen LogP contribution in [0.5, 0.6) is 5.75 Å². The van der Waals surface area contributed by atoms with Gasteiger partial charge in [0, 0.05) is 31.1 Å². The molecular weight excluding hydrogens is 258 g/mol. The van der Waals surface area contributed by atoms with E-state index in [0.29, 0.717) is 6.04 Å². The van der Waals surface area contributed by atoms with E-state index in [1.165, 1.54) is 11.1 Å². The number of hydrogen-bond donors (Lipinski definition) is 1. The fourth-order valence-corrected chi connectivity index (χ4v) is 2.75. The van der Waals surface area contributed by atoms with Gasteiger partial charge in [0.1, 0.15) is 5.75 Å². The summed E-state index contributed by atoms with van der Waals surface area (Å²) in [6.45, 7) is 3.00. The van der Waals surface area contributed by atoms with Gasteiger partial charge in [0.05, 0.1) is 7.11 Å². The molecule has 0 aliphatic carbocycles. The van der Waals surface area contributed by atoms with E-state index < -0.39 is 0 Å². The Balaban J connectivity index is 2.62. The third kappa shape index (κ3) is 5.43. The van der Waals surface area contributed by atoms with Gasteiger partial charge in [-0.05, 0) is 43.8 Å². The minimum absolute atomic E-state index is 0.364. The first-order chi connectivity index (χ1) is 9.22. The molecule has 1 rings (SSSR count). The second-order valence-electron chi connectivity index (χ2n) is 4.48. The molecule has 0 aliphatic rings. The van der Waals surface area contributed by atoms with Crippen LogP contribution in [0.4, 0.5) is 0 Å². The molecular formula is C15H25NO2S. The Kier molecular flexibility index (Phi) is 7.94. The molecule has 0 radical (unpaired) electrons. The first-order valence-electron chi connectivity index (χ1n) is 6.63. The standard InChI is InChI=1S/C15H25NO2S/c1-12(16-2)13-6-7-15(18-4)14(10-13)11-19-9-5-8-17-3/h6-7,10,12,16H,5,8-9,11H2,1-4H3. The molecule has 1 aromatic rings. The molecule has 0 bridgehead atoms. The van der Waals surface area contributed by atoms with Gasteiger partial charge in [0.15, 0.2) is 0 Å². The fraction of sp³-hybridized carbons (Fsp3) is 0.600. The van der Waals surface area contributed by atoms with E-state index in [2.05, 4.69) is 30.4 Å². The predicted octanol–water partition coefficient (Wildman–Crippen LogP) is 3.25. The van der Waals surface area contributed by atoms with Crippen LogP contribution < -0.4 is 10.1 Å². The van der Waals surface area contributed by atoms with E-state index in [0.717, 1.165) is 30.3 Å². The average molecular weight is 283 g/mol. The van der Waals surface area contributed by atoms with Crippen molar-refractivity contribution in [1.82, 2.24) is 5.32 Å². The number of thioether (sulfide) groups is 1. The zero-order valence-electron chi connectivity index (χ0n) is 12.4. The molecule has 0 aliphatic heterocycles. The Hall–Kier alpha value is -0.710. The lowest BCUT2D eigenvalue weighted by Gasteiger charge is -2.15. The summed E-state index contributed by atoms with van der Waals surface area (Å²) in [5.74, 6) is 3.08. The number of hydrogen-bond acceptors (Lipinski definition) is 4. The summed E-state index contributed by atoms with van der Waals surface area (Å²) in [5.41, 5.74) is 2.57. The van der Waals surface area contributed by atoms with Crippen LogP contribution in [0.1, 0.15) is 30.5 Å². The van der Waals surface area contributed by atoms with Crippen molar-refractivity contribution < 1.29 is 9.47 Å². The monoisotopic (exact) mass is 283 g/mol. The average Bonchev–Trinajstić information content (AvgIpc) is 2.46. The molecule has 0 fully saturated rings. The first-order valence-corrected chi connectivity index (χ1v) is 7.79. The van der Waals surface area contributed by atoms with Gasteiger partial charge in [-0.25, -0.2) is 0 Å². The molecule has 0 heterocycles. The molecule has 1 N–H and O–H groups in total. The van der Waals surface area contributed by atoms with Gasteiger partial charge in [-0.3, -0.25) is 0 Å². The molecule has 1 unspecified atom stereocenters. The summed E-state index contributed by atoms with van der Waals surface area (Å²) < 4.78 is 10.5. The second kappa shape index (κ2) is 9.23. The topological polar surface area (TPSA) is 30.5 Å². The summed E-state index contributed by atoms with van der Waals surface area (Å²) in [4.78, 5) is 0. The minimum atomic E-state index is 0.364. The molecule has 4 heteroatoms. The maximum absolute atomic E-state index is 5.43. The third-order valence-corrected chi connectivity index (χ3v) is 4.22. The highest BCUT2D eigenvalue weighted by Crippen LogP contribution is 2.27. The molecule has 1 aromatic carbocycles. The van der Waals surface area contributed by atoms with Crippen LogP contribution in [0.3, 0.4) is 0 Å². The van der Waals surface area contributed by atoms with Crippen molar-refractivity contribution in [3.05, 3.63) is 29.3 Å². The summed E-state index contributed by atoms with van der Waals surface area (Å²) in [5, 5.41) is 3.27. The molecule has 0 saturated heterocycles. The Labute approximate surface area is 121 Å². The molecule has 0 saturated carbocycles. The lowest BCUT2D eigenvalue weighted by Crippen LogP contribution is -2.12. The molecule has 0 spiro atoms. The van der Waals surface area contributed by atoms with Crippen molar-refractivity contribution in [3.63, 3.8) is 0 Å². The van der Waals surface area contributed by atoms with E-state index >= 15 is 0 Å². The van der Waals surface area contributed by atoms with E-state index in [-0.39, 0.29) is 0 Å². The Morgan fingerprint density at radius 2 is 2.11 bits per heavy atom. The second-order valence-corrected chi connectivity index (χ2v) is 5.59. The normalized spacial score (nSPS) is 12.4. The van der Waals surface area contributed by atoms with E-state index in [9.17, 15) is 0 Å². The highest BCUT2D eigenvalue weighted by molar-refractivity contribution is 7.98. The summed E-state index contributed by atoms with van der Waals surface area (Å²) >= 11 is 1.92. The van der Waals surface area contributed by atoms with Gasteiger partial charge in [-0.2, -0.15) is 11.8 Å². The first kappa shape index (κ1) is 16.3. The molecule has 1 atom stereocenters. The van der Waals surface area contributed by atoms with Gasteiger partial charge in [0.2, 0.25) is 0 Å². The SMILES string of the molecule is CNC(C)c1ccc(OC)c(CSCCCOC)c1. The van der Waals surface area contributed by atoms with E-state index in [4.69, 9.17) is 9.47 Å². The molecule has 0 aromatic heterocycles. The number of rotatable bonds is 9. The third-order valence-electron chi connectivity index (χ3n) is 3.13. The number of nitrogens with one attached hydrogen (secondary N) is 1. The Morgan fingerprint density at radius 1 is 1.32 bits per heavy atom. The zero-order chi connectivity index (χ0) is 14.1. The largest absolute Gasteiger partial charge is 0.496 e. The van der Waals surface area contributed by atoms with Crippen LogP contribution in [0.25, 0.3) is 0 Å². The van der Waals surface area contributed by atoms with Crippen LogP contribution in [0.15, 0.2) is 18.2 Å². The molecule has 3 nitrogen and oxygen atoms in total. The van der Waals surface area contributed by atoms with Crippen LogP contribution in [-0.2, 0) is 10.5 Å². The van der Waals surface area contributed by atoms with Gasteiger partial charge in [-0.15, -0.1) is 0 Å². The van der Waals surface area contributed by atoms with Crippen molar-refractivity contribution in [1.29, 1.82) is 0 Å². The lowest BCUT2D eigenvalue weighted by molar-refractivity contribution is 0.200. The highest BCUT2D eigenvalue weighted by Gasteiger charge is 2.08. The maximum atomic E-state index is 5.43. The summed E-state index contributed by atoms with van der Waals surface area (Å²) in [7, 11) is 5.46. The lowest BCUT2D eigenvalue weighted by atomic mass is 10.1. The van der Waals surface area contributed by atoms with Crippen molar-refractivity contribution in [2.75, 3.05) is 33.6 Å². The molecule has 0 amide bonds. The van der Waals surface area contributed by atoms with Crippen LogP contribution >= 0.6 is 11.8 Å². The number of ether oxygens (including phenoxy) is 2. The van der Waals surface area contributed by atoms with E-state index in [1.807, 2.05) is 18.8 Å². The molecule has 108 valence electrons. The van der Waals surface area contributed by atoms with Crippen molar-refractivity contribution in [3.8, 4) is 5.75 Å². The number of benzene rings is 1. The van der Waals surface area contributed by atoms with Crippen LogP contribution in [0, 0.1) is 0 Å². The zero-order valence-corrected chi connectivity index (χ0v) is 13.2.